The van der Waals surface area contributed by atoms with E-state index in [1.165, 1.54) is 11.1 Å². The van der Waals surface area contributed by atoms with Gasteiger partial charge in [0.15, 0.2) is 0 Å². The number of hydrogen-bond acceptors (Lipinski definition) is 3. The Morgan fingerprint density at radius 2 is 1.89 bits per heavy atom. The van der Waals surface area contributed by atoms with Crippen LogP contribution in [0.1, 0.15) is 25.0 Å². The smallest absolute Gasteiger partial charge is 0.0713 e. The largest absolute Gasteiger partial charge is 0.380 e. The van der Waals surface area contributed by atoms with Crippen LogP contribution in [-0.2, 0) is 17.9 Å². The highest BCUT2D eigenvalue weighted by Crippen LogP contribution is 2.08. The van der Waals surface area contributed by atoms with E-state index in [-0.39, 0.29) is 0 Å². The number of ether oxygens (including phenoxy) is 1. The van der Waals surface area contributed by atoms with E-state index in [1.807, 2.05) is 0 Å². The van der Waals surface area contributed by atoms with E-state index in [9.17, 15) is 0 Å². The number of hydrogen-bond donors (Lipinski definition) is 1. The summed E-state index contributed by atoms with van der Waals surface area (Å²) in [5.41, 5.74) is 2.55. The van der Waals surface area contributed by atoms with Crippen LogP contribution in [-0.4, -0.2) is 38.7 Å². The first kappa shape index (κ1) is 16.2. The first-order valence-corrected chi connectivity index (χ1v) is 6.97. The second kappa shape index (κ2) is 8.31. The van der Waals surface area contributed by atoms with Crippen molar-refractivity contribution in [3.8, 4) is 0 Å². The van der Waals surface area contributed by atoms with E-state index in [2.05, 4.69) is 62.4 Å². The Hall–Kier alpha value is -0.900. The van der Waals surface area contributed by atoms with Crippen molar-refractivity contribution in [2.24, 2.45) is 5.92 Å². The SMILES string of the molecule is COCc1cccc(CNC(CN(C)C)C(C)C)c1. The van der Waals surface area contributed by atoms with Crippen LogP contribution in [0.4, 0.5) is 0 Å². The second-order valence-corrected chi connectivity index (χ2v) is 5.75. The first-order valence-electron chi connectivity index (χ1n) is 6.97. The van der Waals surface area contributed by atoms with Crippen LogP contribution in [0, 0.1) is 5.92 Å². The molecule has 108 valence electrons. The maximum absolute atomic E-state index is 5.17. The molecule has 0 bridgehead atoms. The number of nitrogens with one attached hydrogen (secondary N) is 1. The van der Waals surface area contributed by atoms with Gasteiger partial charge in [-0.2, -0.15) is 0 Å². The Balaban J connectivity index is 2.55. The lowest BCUT2D eigenvalue weighted by Crippen LogP contribution is -2.41. The molecule has 0 spiro atoms. The lowest BCUT2D eigenvalue weighted by atomic mass is 10.0. The van der Waals surface area contributed by atoms with Crippen molar-refractivity contribution in [3.63, 3.8) is 0 Å². The molecule has 19 heavy (non-hydrogen) atoms. The molecule has 0 aliphatic heterocycles. The maximum atomic E-state index is 5.17. The van der Waals surface area contributed by atoms with E-state index >= 15 is 0 Å². The fraction of sp³-hybridized carbons (Fsp3) is 0.625. The van der Waals surface area contributed by atoms with E-state index < -0.39 is 0 Å². The van der Waals surface area contributed by atoms with Crippen molar-refractivity contribution in [1.82, 2.24) is 10.2 Å². The van der Waals surface area contributed by atoms with Crippen LogP contribution < -0.4 is 5.32 Å². The Morgan fingerprint density at radius 1 is 1.21 bits per heavy atom. The molecule has 1 aromatic rings. The van der Waals surface area contributed by atoms with Gasteiger partial charge in [-0.1, -0.05) is 38.1 Å². The minimum atomic E-state index is 0.515. The minimum absolute atomic E-state index is 0.515. The van der Waals surface area contributed by atoms with Gasteiger partial charge in [0, 0.05) is 26.2 Å². The standard InChI is InChI=1S/C16H28N2O/c1-13(2)16(11-18(3)4)17-10-14-7-6-8-15(9-14)12-19-5/h6-9,13,16-17H,10-12H2,1-5H3. The number of nitrogens with zero attached hydrogens (tertiary/aromatic N) is 1. The average molecular weight is 264 g/mol. The van der Waals surface area contributed by atoms with Gasteiger partial charge in [-0.3, -0.25) is 0 Å². The van der Waals surface area contributed by atoms with E-state index in [1.54, 1.807) is 7.11 Å². The fourth-order valence-corrected chi connectivity index (χ4v) is 2.15. The molecule has 0 saturated carbocycles. The van der Waals surface area contributed by atoms with Crippen molar-refractivity contribution >= 4 is 0 Å². The highest BCUT2D eigenvalue weighted by molar-refractivity contribution is 5.22. The van der Waals surface area contributed by atoms with Gasteiger partial charge in [0.1, 0.15) is 0 Å². The molecular weight excluding hydrogens is 236 g/mol. The van der Waals surface area contributed by atoms with Gasteiger partial charge in [0.25, 0.3) is 0 Å². The van der Waals surface area contributed by atoms with E-state index in [4.69, 9.17) is 4.74 Å². The Kier molecular flexibility index (Phi) is 7.06. The molecule has 0 heterocycles. The fourth-order valence-electron chi connectivity index (χ4n) is 2.15. The molecule has 1 aromatic carbocycles. The molecule has 0 fully saturated rings. The molecule has 1 atom stereocenters. The summed E-state index contributed by atoms with van der Waals surface area (Å²) in [6, 6.07) is 9.10. The van der Waals surface area contributed by atoms with E-state index in [0.29, 0.717) is 18.6 Å². The van der Waals surface area contributed by atoms with Crippen LogP contribution in [0.5, 0.6) is 0 Å². The van der Waals surface area contributed by atoms with Crippen LogP contribution in [0.15, 0.2) is 24.3 Å². The lowest BCUT2D eigenvalue weighted by Gasteiger charge is -2.26. The summed E-state index contributed by atoms with van der Waals surface area (Å²) in [6.07, 6.45) is 0. The third kappa shape index (κ3) is 6.19. The third-order valence-corrected chi connectivity index (χ3v) is 3.24. The molecule has 1 unspecified atom stereocenters. The molecule has 0 radical (unpaired) electrons. The van der Waals surface area contributed by atoms with Crippen molar-refractivity contribution in [3.05, 3.63) is 35.4 Å². The van der Waals surface area contributed by atoms with Crippen molar-refractivity contribution in [1.29, 1.82) is 0 Å². The monoisotopic (exact) mass is 264 g/mol. The molecule has 1 rings (SSSR count). The molecule has 3 nitrogen and oxygen atoms in total. The first-order chi connectivity index (χ1) is 9.02. The van der Waals surface area contributed by atoms with Crippen molar-refractivity contribution in [2.75, 3.05) is 27.7 Å². The normalized spacial score (nSPS) is 13.2. The summed E-state index contributed by atoms with van der Waals surface area (Å²) < 4.78 is 5.17. The summed E-state index contributed by atoms with van der Waals surface area (Å²) >= 11 is 0. The summed E-state index contributed by atoms with van der Waals surface area (Å²) in [7, 11) is 5.98. The third-order valence-electron chi connectivity index (χ3n) is 3.24. The zero-order valence-corrected chi connectivity index (χ0v) is 12.9. The maximum Gasteiger partial charge on any atom is 0.0713 e. The Labute approximate surface area is 118 Å². The summed E-state index contributed by atoms with van der Waals surface area (Å²) in [5, 5.41) is 3.65. The average Bonchev–Trinajstić information content (AvgIpc) is 2.34. The Morgan fingerprint density at radius 3 is 2.47 bits per heavy atom. The molecular formula is C16H28N2O. The summed E-state index contributed by atoms with van der Waals surface area (Å²) in [6.45, 7) is 7.19. The van der Waals surface area contributed by atoms with Crippen LogP contribution in [0.3, 0.4) is 0 Å². The molecule has 0 aromatic heterocycles. The molecule has 0 saturated heterocycles. The summed E-state index contributed by atoms with van der Waals surface area (Å²) in [5.74, 6) is 0.629. The second-order valence-electron chi connectivity index (χ2n) is 5.75. The highest BCUT2D eigenvalue weighted by Gasteiger charge is 2.13. The number of likely N-dealkylation sites (N-methyl/N-ethyl adjacent to an activating group) is 1. The van der Waals surface area contributed by atoms with Gasteiger partial charge in [-0.05, 0) is 31.1 Å². The topological polar surface area (TPSA) is 24.5 Å². The molecule has 0 aliphatic carbocycles. The zero-order valence-electron chi connectivity index (χ0n) is 12.9. The van der Waals surface area contributed by atoms with Crippen LogP contribution in [0.2, 0.25) is 0 Å². The molecule has 0 aliphatic rings. The number of benzene rings is 1. The van der Waals surface area contributed by atoms with Crippen LogP contribution >= 0.6 is 0 Å². The van der Waals surface area contributed by atoms with Crippen LogP contribution in [0.25, 0.3) is 0 Å². The quantitative estimate of drug-likeness (QED) is 0.781. The Bertz CT molecular complexity index is 364. The number of methoxy groups -OCH3 is 1. The molecule has 1 N–H and O–H groups in total. The van der Waals surface area contributed by atoms with Gasteiger partial charge in [-0.15, -0.1) is 0 Å². The van der Waals surface area contributed by atoms with Gasteiger partial charge in [-0.25, -0.2) is 0 Å². The van der Waals surface area contributed by atoms with Crippen molar-refractivity contribution < 1.29 is 4.74 Å². The number of rotatable bonds is 8. The van der Waals surface area contributed by atoms with E-state index in [0.717, 1.165) is 13.1 Å². The van der Waals surface area contributed by atoms with Gasteiger partial charge in [0.05, 0.1) is 6.61 Å². The van der Waals surface area contributed by atoms with Gasteiger partial charge in [0.2, 0.25) is 0 Å². The predicted octanol–water partition coefficient (Wildman–Crippen LogP) is 2.51. The zero-order chi connectivity index (χ0) is 14.3. The summed E-state index contributed by atoms with van der Waals surface area (Å²) in [4.78, 5) is 2.24. The minimum Gasteiger partial charge on any atom is -0.380 e. The highest BCUT2D eigenvalue weighted by atomic mass is 16.5. The molecule has 0 amide bonds. The van der Waals surface area contributed by atoms with Gasteiger partial charge >= 0.3 is 0 Å². The van der Waals surface area contributed by atoms with Crippen molar-refractivity contribution in [2.45, 2.75) is 33.0 Å². The lowest BCUT2D eigenvalue weighted by molar-refractivity contribution is 0.185. The molecule has 3 heteroatoms. The van der Waals surface area contributed by atoms with Gasteiger partial charge < -0.3 is 15.0 Å². The predicted molar refractivity (Wildman–Crippen MR) is 81.2 cm³/mol.